The van der Waals surface area contributed by atoms with E-state index in [1.165, 1.54) is 0 Å². The standard InChI is InChI=1S/C41H50ClN3O7/c1-41(2,3)52-40(48)43-21-18-34(30-9-5-8-29(24-30)28-10-15-33(16-11-28)50-23-6-19-42)35(26-43)39(47)45(31-12-13-31)32-14-17-37-36(25-32)44(20-7-22-49-4)38(46)27-51-37/h5,8-11,14-17,24-25,31,34-35H,6-7,12-13,18-23,26-27H2,1-4H3/t34-,35+/m1/s1. The van der Waals surface area contributed by atoms with E-state index in [0.29, 0.717) is 56.5 Å². The minimum atomic E-state index is -0.662. The van der Waals surface area contributed by atoms with Crippen molar-refractivity contribution >= 4 is 40.9 Å². The number of anilines is 2. The third-order valence-electron chi connectivity index (χ3n) is 9.67. The predicted molar refractivity (Wildman–Crippen MR) is 203 cm³/mol. The SMILES string of the molecule is COCCCN1C(=O)COc2ccc(N(C(=O)[C@H]3CN(C(=O)OC(C)(C)C)CC[C@@H]3c3cccc(-c4ccc(OCCCCl)cc4)c3)C3CC3)cc21. The van der Waals surface area contributed by atoms with Crippen LogP contribution in [0.5, 0.6) is 11.5 Å². The van der Waals surface area contributed by atoms with Crippen LogP contribution in [0.3, 0.4) is 0 Å². The molecular weight excluding hydrogens is 682 g/mol. The Balaban J connectivity index is 1.31. The van der Waals surface area contributed by atoms with Crippen molar-refractivity contribution in [2.75, 3.05) is 62.2 Å². The van der Waals surface area contributed by atoms with Crippen molar-refractivity contribution in [3.05, 3.63) is 72.3 Å². The minimum absolute atomic E-state index is 0.0274. The number of alkyl halides is 1. The molecule has 1 saturated heterocycles. The molecule has 278 valence electrons. The van der Waals surface area contributed by atoms with Gasteiger partial charge in [0.25, 0.3) is 5.91 Å². The lowest BCUT2D eigenvalue weighted by Gasteiger charge is -2.41. The van der Waals surface area contributed by atoms with E-state index in [1.54, 1.807) is 16.9 Å². The molecule has 0 N–H and O–H groups in total. The van der Waals surface area contributed by atoms with E-state index >= 15 is 4.79 Å². The highest BCUT2D eigenvalue weighted by Gasteiger charge is 2.44. The number of likely N-dealkylation sites (tertiary alicyclic amines) is 1. The highest BCUT2D eigenvalue weighted by molar-refractivity contribution is 6.17. The minimum Gasteiger partial charge on any atom is -0.494 e. The number of nitrogens with zero attached hydrogens (tertiary/aromatic N) is 3. The molecule has 1 aliphatic carbocycles. The van der Waals surface area contributed by atoms with Gasteiger partial charge in [0.2, 0.25) is 5.91 Å². The van der Waals surface area contributed by atoms with Gasteiger partial charge in [-0.15, -0.1) is 11.6 Å². The van der Waals surface area contributed by atoms with Gasteiger partial charge < -0.3 is 33.6 Å². The zero-order chi connectivity index (χ0) is 36.8. The molecule has 3 aliphatic rings. The van der Waals surface area contributed by atoms with Crippen LogP contribution in [0.1, 0.15) is 64.4 Å². The summed E-state index contributed by atoms with van der Waals surface area (Å²) in [6.07, 6.45) is 3.40. The number of fused-ring (bicyclic) bond motifs is 1. The van der Waals surface area contributed by atoms with Gasteiger partial charge in [0.05, 0.1) is 18.2 Å². The Bertz CT molecular complexity index is 1720. The van der Waals surface area contributed by atoms with E-state index in [2.05, 4.69) is 18.2 Å². The summed E-state index contributed by atoms with van der Waals surface area (Å²) < 4.78 is 22.6. The quantitative estimate of drug-likeness (QED) is 0.132. The molecule has 2 heterocycles. The second kappa shape index (κ2) is 16.6. The van der Waals surface area contributed by atoms with Crippen LogP contribution in [0.2, 0.25) is 0 Å². The number of rotatable bonds is 13. The van der Waals surface area contributed by atoms with E-state index in [4.69, 9.17) is 30.5 Å². The topological polar surface area (TPSA) is 97.9 Å². The first-order valence-corrected chi connectivity index (χ1v) is 18.9. The molecule has 0 unspecified atom stereocenters. The lowest BCUT2D eigenvalue weighted by Crippen LogP contribution is -2.51. The number of carbonyl (C=O) groups excluding carboxylic acids is 3. The molecule has 11 heteroatoms. The normalized spacial score (nSPS) is 18.8. The van der Waals surface area contributed by atoms with Crippen LogP contribution < -0.4 is 19.3 Å². The van der Waals surface area contributed by atoms with Gasteiger partial charge in [-0.25, -0.2) is 4.79 Å². The number of benzene rings is 3. The molecule has 0 spiro atoms. The molecular formula is C41H50ClN3O7. The zero-order valence-corrected chi connectivity index (χ0v) is 31.4. The molecule has 2 aliphatic heterocycles. The first kappa shape index (κ1) is 37.5. The molecule has 3 aromatic carbocycles. The van der Waals surface area contributed by atoms with Crippen LogP contribution in [0.4, 0.5) is 16.2 Å². The lowest BCUT2D eigenvalue weighted by molar-refractivity contribution is -0.124. The highest BCUT2D eigenvalue weighted by atomic mass is 35.5. The molecule has 0 aromatic heterocycles. The van der Waals surface area contributed by atoms with Crippen molar-refractivity contribution in [3.63, 3.8) is 0 Å². The van der Waals surface area contributed by atoms with Crippen molar-refractivity contribution in [1.82, 2.24) is 4.90 Å². The summed E-state index contributed by atoms with van der Waals surface area (Å²) in [6, 6.07) is 22.1. The van der Waals surface area contributed by atoms with E-state index < -0.39 is 17.6 Å². The fourth-order valence-corrected chi connectivity index (χ4v) is 7.12. The number of carbonyl (C=O) groups is 3. The average molecular weight is 732 g/mol. The summed E-state index contributed by atoms with van der Waals surface area (Å²) in [5.74, 6) is 1.13. The molecule has 3 amide bonds. The molecule has 0 bridgehead atoms. The Hall–Kier alpha value is -4.28. The average Bonchev–Trinajstić information content (AvgIpc) is 3.97. The number of methoxy groups -OCH3 is 1. The maximum absolute atomic E-state index is 15.0. The fourth-order valence-electron chi connectivity index (χ4n) is 7.01. The van der Waals surface area contributed by atoms with Crippen molar-refractivity contribution < 1.29 is 33.3 Å². The first-order valence-electron chi connectivity index (χ1n) is 18.3. The van der Waals surface area contributed by atoms with Crippen LogP contribution in [0, 0.1) is 5.92 Å². The summed E-state index contributed by atoms with van der Waals surface area (Å²) in [4.78, 5) is 46.7. The van der Waals surface area contributed by atoms with Crippen LogP contribution in [0.15, 0.2) is 66.7 Å². The number of piperidine rings is 1. The van der Waals surface area contributed by atoms with Crippen LogP contribution in [-0.4, -0.2) is 86.9 Å². The molecule has 2 fully saturated rings. The monoisotopic (exact) mass is 731 g/mol. The summed E-state index contributed by atoms with van der Waals surface area (Å²) >= 11 is 5.80. The Kier molecular flexibility index (Phi) is 12.0. The number of ether oxygens (including phenoxy) is 4. The smallest absolute Gasteiger partial charge is 0.410 e. The van der Waals surface area contributed by atoms with Gasteiger partial charge in [-0.3, -0.25) is 9.59 Å². The lowest BCUT2D eigenvalue weighted by atomic mass is 9.78. The Morgan fingerprint density at radius 2 is 1.75 bits per heavy atom. The predicted octanol–water partition coefficient (Wildman–Crippen LogP) is 7.66. The molecule has 6 rings (SSSR count). The molecule has 1 saturated carbocycles. The largest absolute Gasteiger partial charge is 0.494 e. The van der Waals surface area contributed by atoms with E-state index in [0.717, 1.165) is 47.4 Å². The Morgan fingerprint density at radius 3 is 2.46 bits per heavy atom. The van der Waals surface area contributed by atoms with Crippen molar-refractivity contribution in [2.24, 2.45) is 5.92 Å². The van der Waals surface area contributed by atoms with Gasteiger partial charge in [-0.05, 0) is 106 Å². The zero-order valence-electron chi connectivity index (χ0n) is 30.6. The second-order valence-electron chi connectivity index (χ2n) is 14.7. The van der Waals surface area contributed by atoms with Crippen LogP contribution in [0.25, 0.3) is 11.1 Å². The van der Waals surface area contributed by atoms with E-state index in [-0.39, 0.29) is 36.9 Å². The van der Waals surface area contributed by atoms with Crippen LogP contribution in [-0.2, 0) is 19.1 Å². The summed E-state index contributed by atoms with van der Waals surface area (Å²) in [5.41, 5.74) is 3.84. The van der Waals surface area contributed by atoms with Crippen molar-refractivity contribution in [3.8, 4) is 22.6 Å². The summed E-state index contributed by atoms with van der Waals surface area (Å²) in [7, 11) is 1.64. The third kappa shape index (κ3) is 9.01. The van der Waals surface area contributed by atoms with E-state index in [1.807, 2.05) is 74.2 Å². The Morgan fingerprint density at radius 1 is 0.962 bits per heavy atom. The summed E-state index contributed by atoms with van der Waals surface area (Å²) in [5, 5.41) is 0. The van der Waals surface area contributed by atoms with Gasteiger partial charge in [-0.2, -0.15) is 0 Å². The Labute approximate surface area is 311 Å². The maximum atomic E-state index is 15.0. The number of halogens is 1. The number of amides is 3. The molecule has 2 atom stereocenters. The highest BCUT2D eigenvalue weighted by Crippen LogP contribution is 2.43. The van der Waals surface area contributed by atoms with Crippen molar-refractivity contribution in [2.45, 2.75) is 70.4 Å². The summed E-state index contributed by atoms with van der Waals surface area (Å²) in [6.45, 7) is 7.81. The van der Waals surface area contributed by atoms with Gasteiger partial charge in [0.15, 0.2) is 6.61 Å². The molecule has 0 radical (unpaired) electrons. The van der Waals surface area contributed by atoms with Gasteiger partial charge in [0.1, 0.15) is 17.1 Å². The number of hydrogen-bond acceptors (Lipinski definition) is 7. The number of hydrogen-bond donors (Lipinski definition) is 0. The van der Waals surface area contributed by atoms with Gasteiger partial charge in [0, 0.05) is 51.0 Å². The first-order chi connectivity index (χ1) is 25.1. The second-order valence-corrected chi connectivity index (χ2v) is 15.1. The van der Waals surface area contributed by atoms with Gasteiger partial charge >= 0.3 is 6.09 Å². The molecule has 3 aromatic rings. The van der Waals surface area contributed by atoms with Gasteiger partial charge in [-0.1, -0.05) is 36.4 Å². The van der Waals surface area contributed by atoms with Crippen LogP contribution >= 0.6 is 11.6 Å². The molecule has 52 heavy (non-hydrogen) atoms. The van der Waals surface area contributed by atoms with E-state index in [9.17, 15) is 9.59 Å². The fraction of sp³-hybridized carbons (Fsp3) is 0.488. The van der Waals surface area contributed by atoms with Crippen molar-refractivity contribution in [1.29, 1.82) is 0 Å². The molecule has 10 nitrogen and oxygen atoms in total. The third-order valence-corrected chi connectivity index (χ3v) is 9.94. The maximum Gasteiger partial charge on any atom is 0.410 e.